The molecule has 0 saturated carbocycles. The third-order valence-corrected chi connectivity index (χ3v) is 6.19. The number of halogens is 2. The van der Waals surface area contributed by atoms with E-state index in [2.05, 4.69) is 53.8 Å². The van der Waals surface area contributed by atoms with Crippen LogP contribution in [0.4, 0.5) is 0 Å². The van der Waals surface area contributed by atoms with Gasteiger partial charge in [0.05, 0.1) is 11.1 Å². The van der Waals surface area contributed by atoms with Gasteiger partial charge >= 0.3 is 0 Å². The Labute approximate surface area is 206 Å². The third kappa shape index (κ3) is 4.67. The average Bonchev–Trinajstić information content (AvgIpc) is 2.90. The summed E-state index contributed by atoms with van der Waals surface area (Å²) in [7, 11) is 0. The molecule has 0 amide bonds. The lowest BCUT2D eigenvalue weighted by molar-refractivity contribution is 0.374. The minimum Gasteiger partial charge on any atom is -0.284 e. The van der Waals surface area contributed by atoms with Crippen LogP contribution in [0.1, 0.15) is 22.3 Å². The first-order valence-electron chi connectivity index (χ1n) is 10.8. The lowest BCUT2D eigenvalue weighted by Crippen LogP contribution is -2.54. The molecule has 164 valence electrons. The number of nitrogens with one attached hydrogen (secondary N) is 1. The van der Waals surface area contributed by atoms with Crippen LogP contribution < -0.4 is 5.32 Å². The molecule has 0 spiro atoms. The third-order valence-electron chi connectivity index (χ3n) is 5.94. The Balaban J connectivity index is 2.06. The van der Waals surface area contributed by atoms with E-state index in [-0.39, 0.29) is 0 Å². The Bertz CT molecular complexity index is 1010. The van der Waals surface area contributed by atoms with Crippen LogP contribution in [-0.2, 0) is 11.1 Å². The van der Waals surface area contributed by atoms with Crippen molar-refractivity contribution < 1.29 is 0 Å². The van der Waals surface area contributed by atoms with Crippen LogP contribution in [0.25, 0.3) is 0 Å². The summed E-state index contributed by atoms with van der Waals surface area (Å²) in [6.45, 7) is 0. The first-order chi connectivity index (χ1) is 16.2. The summed E-state index contributed by atoms with van der Waals surface area (Å²) < 4.78 is 0. The van der Waals surface area contributed by atoms with Gasteiger partial charge in [-0.2, -0.15) is 0 Å². The van der Waals surface area contributed by atoms with Gasteiger partial charge in [0.25, 0.3) is 0 Å². The van der Waals surface area contributed by atoms with E-state index < -0.39 is 11.1 Å². The second kappa shape index (κ2) is 10.7. The van der Waals surface area contributed by atoms with E-state index >= 15 is 0 Å². The van der Waals surface area contributed by atoms with Crippen molar-refractivity contribution in [1.82, 2.24) is 5.32 Å². The van der Waals surface area contributed by atoms with Crippen LogP contribution in [-0.4, -0.2) is 0 Å². The molecule has 0 aromatic heterocycles. The van der Waals surface area contributed by atoms with E-state index in [1.54, 1.807) is 11.1 Å². The molecular weight excluding hydrogens is 445 g/mol. The molecule has 0 aliphatic rings. The minimum absolute atomic E-state index is 0.744. The van der Waals surface area contributed by atoms with Crippen LogP contribution in [0.3, 0.4) is 0 Å². The summed E-state index contributed by atoms with van der Waals surface area (Å²) >= 11 is 12.6. The molecule has 4 rings (SSSR count). The molecule has 0 aliphatic carbocycles. The zero-order chi connectivity index (χ0) is 23.0. The van der Waals surface area contributed by atoms with Gasteiger partial charge in [-0.3, -0.25) is 5.32 Å². The minimum atomic E-state index is -0.744. The van der Waals surface area contributed by atoms with Crippen molar-refractivity contribution in [3.63, 3.8) is 0 Å². The smallest absolute Gasteiger partial charge is 0.0900 e. The fraction of sp³-hybridized carbons (Fsp3) is 0.0667. The van der Waals surface area contributed by atoms with E-state index in [0.29, 0.717) is 0 Å². The zero-order valence-corrected chi connectivity index (χ0v) is 19.6. The van der Waals surface area contributed by atoms with Crippen molar-refractivity contribution in [2.45, 2.75) is 11.1 Å². The Hall–Kier alpha value is -3.10. The van der Waals surface area contributed by atoms with Gasteiger partial charge in [-0.25, -0.2) is 0 Å². The van der Waals surface area contributed by atoms with Gasteiger partial charge < -0.3 is 0 Å². The maximum Gasteiger partial charge on any atom is 0.0900 e. The van der Waals surface area contributed by atoms with Crippen LogP contribution in [0.15, 0.2) is 145 Å². The molecular formula is C30H25Cl2N. The molecule has 3 heteroatoms. The van der Waals surface area contributed by atoms with Crippen LogP contribution >= 0.6 is 23.2 Å². The molecule has 0 radical (unpaired) electrons. The first-order valence-corrected chi connectivity index (χ1v) is 11.7. The molecule has 0 atom stereocenters. The first kappa shape index (κ1) is 23.1. The molecule has 33 heavy (non-hydrogen) atoms. The Morgan fingerprint density at radius 2 is 0.667 bits per heavy atom. The number of hydrogen-bond acceptors (Lipinski definition) is 1. The molecule has 4 aromatic rings. The summed E-state index contributed by atoms with van der Waals surface area (Å²) in [5.41, 5.74) is 5.92. The van der Waals surface area contributed by atoms with Gasteiger partial charge in [0.1, 0.15) is 0 Å². The maximum atomic E-state index is 6.32. The highest BCUT2D eigenvalue weighted by Crippen LogP contribution is 2.40. The lowest BCUT2D eigenvalue weighted by atomic mass is 9.75. The van der Waals surface area contributed by atoms with Crippen molar-refractivity contribution in [2.75, 3.05) is 0 Å². The predicted octanol–water partition coefficient (Wildman–Crippen LogP) is 7.97. The van der Waals surface area contributed by atoms with Gasteiger partial charge in [-0.05, 0) is 34.4 Å². The molecule has 1 nitrogen and oxygen atoms in total. The summed E-state index contributed by atoms with van der Waals surface area (Å²) in [5, 5.41) is 4.01. The molecule has 0 aliphatic heterocycles. The highest BCUT2D eigenvalue weighted by Gasteiger charge is 2.42. The fourth-order valence-electron chi connectivity index (χ4n) is 4.39. The SMILES string of the molecule is ClC=CC(NC(C=CCl)(c1ccccc1)c1ccccc1)(c1ccccc1)c1ccccc1. The Morgan fingerprint density at radius 1 is 0.424 bits per heavy atom. The van der Waals surface area contributed by atoms with Crippen LogP contribution in [0, 0.1) is 0 Å². The molecule has 4 aromatic carbocycles. The van der Waals surface area contributed by atoms with Crippen molar-refractivity contribution in [3.05, 3.63) is 167 Å². The molecule has 1 N–H and O–H groups in total. The normalized spacial score (nSPS) is 12.4. The molecule has 0 unspecified atom stereocenters. The van der Waals surface area contributed by atoms with Gasteiger partial charge in [0, 0.05) is 11.1 Å². The van der Waals surface area contributed by atoms with Crippen molar-refractivity contribution in [3.8, 4) is 0 Å². The van der Waals surface area contributed by atoms with E-state index in [1.165, 1.54) is 0 Å². The summed E-state index contributed by atoms with van der Waals surface area (Å²) in [6, 6.07) is 41.3. The predicted molar refractivity (Wildman–Crippen MR) is 140 cm³/mol. The molecule has 0 bridgehead atoms. The largest absolute Gasteiger partial charge is 0.284 e. The Kier molecular flexibility index (Phi) is 7.47. The van der Waals surface area contributed by atoms with Crippen LogP contribution in [0.5, 0.6) is 0 Å². The van der Waals surface area contributed by atoms with E-state index in [9.17, 15) is 0 Å². The lowest BCUT2D eigenvalue weighted by Gasteiger charge is -2.44. The van der Waals surface area contributed by atoms with Crippen molar-refractivity contribution >= 4 is 23.2 Å². The van der Waals surface area contributed by atoms with Crippen molar-refractivity contribution in [2.24, 2.45) is 0 Å². The van der Waals surface area contributed by atoms with Gasteiger partial charge in [-0.15, -0.1) is 0 Å². The molecule has 0 fully saturated rings. The summed E-state index contributed by atoms with van der Waals surface area (Å²) in [5.74, 6) is 0. The van der Waals surface area contributed by atoms with E-state index in [4.69, 9.17) is 23.2 Å². The maximum absolute atomic E-state index is 6.32. The zero-order valence-electron chi connectivity index (χ0n) is 18.1. The van der Waals surface area contributed by atoms with Crippen LogP contribution in [0.2, 0.25) is 0 Å². The van der Waals surface area contributed by atoms with Gasteiger partial charge in [-0.1, -0.05) is 145 Å². The number of hydrogen-bond donors (Lipinski definition) is 1. The number of benzene rings is 4. The summed E-state index contributed by atoms with van der Waals surface area (Å²) in [4.78, 5) is 0. The second-order valence-corrected chi connectivity index (χ2v) is 8.29. The quantitative estimate of drug-likeness (QED) is 0.275. The highest BCUT2D eigenvalue weighted by atomic mass is 35.5. The fourth-order valence-corrected chi connectivity index (χ4v) is 4.77. The second-order valence-electron chi connectivity index (χ2n) is 7.79. The number of rotatable bonds is 8. The van der Waals surface area contributed by atoms with E-state index in [0.717, 1.165) is 22.3 Å². The van der Waals surface area contributed by atoms with E-state index in [1.807, 2.05) is 84.9 Å². The van der Waals surface area contributed by atoms with Gasteiger partial charge in [0.15, 0.2) is 0 Å². The molecule has 0 heterocycles. The highest BCUT2D eigenvalue weighted by molar-refractivity contribution is 6.25. The average molecular weight is 470 g/mol. The topological polar surface area (TPSA) is 12.0 Å². The monoisotopic (exact) mass is 469 g/mol. The Morgan fingerprint density at radius 3 is 0.879 bits per heavy atom. The van der Waals surface area contributed by atoms with Gasteiger partial charge in [0.2, 0.25) is 0 Å². The standard InChI is InChI=1S/C30H25Cl2N/c31-23-21-29(25-13-5-1-6-14-25,26-15-7-2-8-16-26)33-30(22-24-32,27-17-9-3-10-18-27)28-19-11-4-12-20-28/h1-24,33H. The van der Waals surface area contributed by atoms with Crippen molar-refractivity contribution in [1.29, 1.82) is 0 Å². The molecule has 0 saturated heterocycles. The summed E-state index contributed by atoms with van der Waals surface area (Å²) in [6.07, 6.45) is 4.00.